The molecular weight excluding hydrogens is 216 g/mol. The van der Waals surface area contributed by atoms with Crippen molar-refractivity contribution in [3.8, 4) is 0 Å². The molecule has 1 heterocycles. The molecule has 0 fully saturated rings. The predicted molar refractivity (Wildman–Crippen MR) is 43.9 cm³/mol. The van der Waals surface area contributed by atoms with Gasteiger partial charge in [-0.3, -0.25) is 0 Å². The van der Waals surface area contributed by atoms with E-state index in [0.29, 0.717) is 4.88 Å². The van der Waals surface area contributed by atoms with Crippen LogP contribution in [0.25, 0.3) is 0 Å². The van der Waals surface area contributed by atoms with Crippen LogP contribution in [0.5, 0.6) is 0 Å². The van der Waals surface area contributed by atoms with E-state index in [9.17, 15) is 4.79 Å². The Bertz CT molecular complexity index is 244. The number of rotatable bonds is 2. The Morgan fingerprint density at radius 1 is 1.70 bits per heavy atom. The number of alkyl halides is 1. The van der Waals surface area contributed by atoms with Gasteiger partial charge >= 0.3 is 5.97 Å². The smallest absolute Gasteiger partial charge is 0.345 e. The second-order valence-electron chi connectivity index (χ2n) is 1.70. The first-order valence-electron chi connectivity index (χ1n) is 2.62. The first kappa shape index (κ1) is 7.75. The molecule has 0 aliphatic carbocycles. The average molecular weight is 221 g/mol. The fourth-order valence-corrected chi connectivity index (χ4v) is 1.79. The molecule has 54 valence electrons. The number of carbonyl (C=O) groups is 1. The minimum absolute atomic E-state index is 0.398. The molecule has 2 nitrogen and oxygen atoms in total. The Morgan fingerprint density at radius 3 is 2.70 bits per heavy atom. The van der Waals surface area contributed by atoms with Gasteiger partial charge in [-0.05, 0) is 12.1 Å². The summed E-state index contributed by atoms with van der Waals surface area (Å²) in [4.78, 5) is 11.8. The Balaban J connectivity index is 2.88. The highest BCUT2D eigenvalue weighted by Gasteiger charge is 2.04. The minimum atomic E-state index is -0.850. The van der Waals surface area contributed by atoms with Gasteiger partial charge in [0.05, 0.1) is 0 Å². The van der Waals surface area contributed by atoms with Gasteiger partial charge in [0.15, 0.2) is 0 Å². The van der Waals surface area contributed by atoms with E-state index in [1.54, 1.807) is 6.07 Å². The molecule has 0 saturated heterocycles. The summed E-state index contributed by atoms with van der Waals surface area (Å²) in [5.74, 6) is -0.850. The van der Waals surface area contributed by atoms with Crippen LogP contribution >= 0.6 is 27.3 Å². The molecule has 0 aliphatic heterocycles. The zero-order chi connectivity index (χ0) is 7.56. The standard InChI is InChI=1S/C6H5BrO2S/c7-3-4-1-2-5(10-4)6(8)9/h1-2H,3H2,(H,8,9). The third-order valence-electron chi connectivity index (χ3n) is 1.00. The molecule has 4 heteroatoms. The van der Waals surface area contributed by atoms with E-state index in [0.717, 1.165) is 10.2 Å². The lowest BCUT2D eigenvalue weighted by Crippen LogP contribution is -1.89. The topological polar surface area (TPSA) is 37.3 Å². The number of thiophene rings is 1. The van der Waals surface area contributed by atoms with Crippen LogP contribution in [0, 0.1) is 0 Å². The molecule has 0 aromatic carbocycles. The highest BCUT2D eigenvalue weighted by Crippen LogP contribution is 2.18. The molecule has 0 spiro atoms. The molecule has 1 N–H and O–H groups in total. The largest absolute Gasteiger partial charge is 0.477 e. The molecule has 0 saturated carbocycles. The van der Waals surface area contributed by atoms with Crippen LogP contribution in [0.15, 0.2) is 12.1 Å². The van der Waals surface area contributed by atoms with E-state index in [1.807, 2.05) is 6.07 Å². The highest BCUT2D eigenvalue weighted by atomic mass is 79.9. The lowest BCUT2D eigenvalue weighted by Gasteiger charge is -1.82. The van der Waals surface area contributed by atoms with Gasteiger partial charge in [-0.25, -0.2) is 4.79 Å². The van der Waals surface area contributed by atoms with Crippen molar-refractivity contribution in [2.24, 2.45) is 0 Å². The van der Waals surface area contributed by atoms with Crippen molar-refractivity contribution in [2.45, 2.75) is 5.33 Å². The third-order valence-corrected chi connectivity index (χ3v) is 3.05. The normalized spacial score (nSPS) is 9.70. The van der Waals surface area contributed by atoms with E-state index in [2.05, 4.69) is 15.9 Å². The SMILES string of the molecule is O=C(O)c1ccc(CBr)s1. The molecule has 10 heavy (non-hydrogen) atoms. The molecule has 0 aliphatic rings. The maximum Gasteiger partial charge on any atom is 0.345 e. The monoisotopic (exact) mass is 220 g/mol. The number of carboxylic acids is 1. The van der Waals surface area contributed by atoms with Gasteiger partial charge in [0.2, 0.25) is 0 Å². The molecule has 0 unspecified atom stereocenters. The molecule has 1 rings (SSSR count). The summed E-state index contributed by atoms with van der Waals surface area (Å²) in [7, 11) is 0. The fourth-order valence-electron chi connectivity index (χ4n) is 0.565. The van der Waals surface area contributed by atoms with Gasteiger partial charge in [-0.1, -0.05) is 15.9 Å². The summed E-state index contributed by atoms with van der Waals surface area (Å²) >= 11 is 4.53. The number of hydrogen-bond acceptors (Lipinski definition) is 2. The van der Waals surface area contributed by atoms with E-state index < -0.39 is 5.97 Å². The van der Waals surface area contributed by atoms with E-state index in [-0.39, 0.29) is 0 Å². The van der Waals surface area contributed by atoms with Gasteiger partial charge in [-0.2, -0.15) is 0 Å². The van der Waals surface area contributed by atoms with E-state index >= 15 is 0 Å². The molecule has 1 aromatic rings. The Morgan fingerprint density at radius 2 is 2.40 bits per heavy atom. The van der Waals surface area contributed by atoms with Crippen LogP contribution in [0.4, 0.5) is 0 Å². The third kappa shape index (κ3) is 1.58. The van der Waals surface area contributed by atoms with Crippen LogP contribution in [-0.4, -0.2) is 11.1 Å². The first-order valence-corrected chi connectivity index (χ1v) is 4.56. The van der Waals surface area contributed by atoms with Crippen molar-refractivity contribution in [2.75, 3.05) is 0 Å². The Hall–Kier alpha value is -0.350. The maximum absolute atomic E-state index is 10.3. The van der Waals surface area contributed by atoms with E-state index in [4.69, 9.17) is 5.11 Å². The second-order valence-corrected chi connectivity index (χ2v) is 3.43. The Labute approximate surface area is 70.6 Å². The first-order chi connectivity index (χ1) is 4.74. The highest BCUT2D eigenvalue weighted by molar-refractivity contribution is 9.08. The van der Waals surface area contributed by atoms with Gasteiger partial charge in [0, 0.05) is 10.2 Å². The lowest BCUT2D eigenvalue weighted by molar-refractivity contribution is 0.0702. The van der Waals surface area contributed by atoms with Crippen molar-refractivity contribution in [1.82, 2.24) is 0 Å². The van der Waals surface area contributed by atoms with Gasteiger partial charge < -0.3 is 5.11 Å². The number of halogens is 1. The quantitative estimate of drug-likeness (QED) is 0.778. The molecule has 0 atom stereocenters. The lowest BCUT2D eigenvalue weighted by atomic mass is 10.4. The van der Waals surface area contributed by atoms with Crippen LogP contribution in [-0.2, 0) is 5.33 Å². The van der Waals surface area contributed by atoms with Crippen molar-refractivity contribution in [1.29, 1.82) is 0 Å². The van der Waals surface area contributed by atoms with Gasteiger partial charge in [-0.15, -0.1) is 11.3 Å². The van der Waals surface area contributed by atoms with Crippen molar-refractivity contribution < 1.29 is 9.90 Å². The van der Waals surface area contributed by atoms with Crippen molar-refractivity contribution in [3.05, 3.63) is 21.9 Å². The number of aromatic carboxylic acids is 1. The second kappa shape index (κ2) is 3.16. The summed E-state index contributed by atoms with van der Waals surface area (Å²) in [6, 6.07) is 3.42. The molecule has 0 radical (unpaired) electrons. The minimum Gasteiger partial charge on any atom is -0.477 e. The fraction of sp³-hybridized carbons (Fsp3) is 0.167. The molecule has 0 bridgehead atoms. The van der Waals surface area contributed by atoms with Crippen LogP contribution in [0.3, 0.4) is 0 Å². The van der Waals surface area contributed by atoms with Crippen LogP contribution in [0.1, 0.15) is 14.5 Å². The van der Waals surface area contributed by atoms with Crippen LogP contribution < -0.4 is 0 Å². The summed E-state index contributed by atoms with van der Waals surface area (Å²) in [5.41, 5.74) is 0. The average Bonchev–Trinajstić information content (AvgIpc) is 2.34. The van der Waals surface area contributed by atoms with Crippen molar-refractivity contribution in [3.63, 3.8) is 0 Å². The molecule has 1 aromatic heterocycles. The summed E-state index contributed by atoms with van der Waals surface area (Å²) in [6.07, 6.45) is 0. The van der Waals surface area contributed by atoms with Gasteiger partial charge in [0.25, 0.3) is 0 Å². The summed E-state index contributed by atoms with van der Waals surface area (Å²) in [5, 5.41) is 9.22. The molecular formula is C6H5BrO2S. The summed E-state index contributed by atoms with van der Waals surface area (Å²) in [6.45, 7) is 0. The zero-order valence-electron chi connectivity index (χ0n) is 5.00. The maximum atomic E-state index is 10.3. The van der Waals surface area contributed by atoms with Gasteiger partial charge in [0.1, 0.15) is 4.88 Å². The Kier molecular flexibility index (Phi) is 2.45. The predicted octanol–water partition coefficient (Wildman–Crippen LogP) is 2.34. The number of hydrogen-bond donors (Lipinski definition) is 1. The summed E-state index contributed by atoms with van der Waals surface area (Å²) < 4.78 is 0. The van der Waals surface area contributed by atoms with Crippen molar-refractivity contribution >= 4 is 33.2 Å². The number of carboxylic acid groups (broad SMARTS) is 1. The van der Waals surface area contributed by atoms with Crippen LogP contribution in [0.2, 0.25) is 0 Å². The van der Waals surface area contributed by atoms with E-state index in [1.165, 1.54) is 11.3 Å². The zero-order valence-corrected chi connectivity index (χ0v) is 7.41. The molecule has 0 amide bonds.